The van der Waals surface area contributed by atoms with Gasteiger partial charge in [-0.15, -0.1) is 11.8 Å². The summed E-state index contributed by atoms with van der Waals surface area (Å²) < 4.78 is 13.0. The number of rotatable bonds is 4. The van der Waals surface area contributed by atoms with Gasteiger partial charge < -0.3 is 5.11 Å². The van der Waals surface area contributed by atoms with E-state index in [0.29, 0.717) is 16.3 Å². The van der Waals surface area contributed by atoms with Crippen molar-refractivity contribution in [2.75, 3.05) is 5.75 Å². The van der Waals surface area contributed by atoms with Crippen LogP contribution >= 0.6 is 23.4 Å². The normalized spacial score (nSPS) is 12.4. The van der Waals surface area contributed by atoms with Gasteiger partial charge in [-0.1, -0.05) is 29.8 Å². The third-order valence-electron chi connectivity index (χ3n) is 2.44. The molecule has 0 aliphatic carbocycles. The summed E-state index contributed by atoms with van der Waals surface area (Å²) in [5.41, 5.74) is 0.588. The van der Waals surface area contributed by atoms with Gasteiger partial charge in [0.2, 0.25) is 0 Å². The zero-order valence-electron chi connectivity index (χ0n) is 9.51. The second kappa shape index (κ2) is 6.23. The lowest BCUT2D eigenvalue weighted by molar-refractivity contribution is 0.203. The quantitative estimate of drug-likeness (QED) is 0.844. The number of halogens is 2. The molecule has 0 aliphatic rings. The Morgan fingerprint density at radius 1 is 1.17 bits per heavy atom. The van der Waals surface area contributed by atoms with Crippen LogP contribution in [0.5, 0.6) is 0 Å². The van der Waals surface area contributed by atoms with Crippen LogP contribution in [-0.4, -0.2) is 10.9 Å². The van der Waals surface area contributed by atoms with Crippen molar-refractivity contribution in [3.05, 3.63) is 64.9 Å². The minimum atomic E-state index is -0.690. The topological polar surface area (TPSA) is 20.2 Å². The van der Waals surface area contributed by atoms with Crippen LogP contribution in [0, 0.1) is 5.82 Å². The maximum atomic E-state index is 13.0. The zero-order chi connectivity index (χ0) is 13.0. The summed E-state index contributed by atoms with van der Waals surface area (Å²) in [6, 6.07) is 13.4. The molecule has 0 bridgehead atoms. The van der Waals surface area contributed by atoms with Gasteiger partial charge in [0.05, 0.1) is 6.10 Å². The number of thioether (sulfide) groups is 1. The van der Waals surface area contributed by atoms with Crippen molar-refractivity contribution in [2.24, 2.45) is 0 Å². The average molecular weight is 283 g/mol. The van der Waals surface area contributed by atoms with Crippen molar-refractivity contribution in [3.8, 4) is 0 Å². The molecule has 2 aromatic carbocycles. The first kappa shape index (κ1) is 13.4. The van der Waals surface area contributed by atoms with E-state index in [1.54, 1.807) is 18.2 Å². The van der Waals surface area contributed by atoms with Gasteiger partial charge in [0.15, 0.2) is 0 Å². The summed E-state index contributed by atoms with van der Waals surface area (Å²) in [7, 11) is 0. The molecular weight excluding hydrogens is 271 g/mol. The fourth-order valence-corrected chi connectivity index (χ4v) is 2.72. The Hall–Kier alpha value is -1.03. The third-order valence-corrected chi connectivity index (χ3v) is 3.74. The molecule has 0 amide bonds. The van der Waals surface area contributed by atoms with E-state index in [-0.39, 0.29) is 5.82 Å². The molecule has 1 atom stereocenters. The lowest BCUT2D eigenvalue weighted by Gasteiger charge is -2.10. The molecule has 0 saturated carbocycles. The summed E-state index contributed by atoms with van der Waals surface area (Å²) in [6.07, 6.45) is -0.690. The Kier molecular flexibility index (Phi) is 4.64. The monoisotopic (exact) mass is 282 g/mol. The van der Waals surface area contributed by atoms with Crippen molar-refractivity contribution >= 4 is 23.4 Å². The van der Waals surface area contributed by atoms with Crippen molar-refractivity contribution < 1.29 is 9.50 Å². The molecule has 94 valence electrons. The highest BCUT2D eigenvalue weighted by atomic mass is 35.5. The van der Waals surface area contributed by atoms with E-state index in [1.807, 2.05) is 18.2 Å². The summed E-state index contributed by atoms with van der Waals surface area (Å²) in [5.74, 6) is 0.128. The minimum absolute atomic E-state index is 0.334. The molecule has 0 heterocycles. The van der Waals surface area contributed by atoms with Crippen molar-refractivity contribution in [1.29, 1.82) is 0 Å². The Morgan fingerprint density at radius 2 is 1.94 bits per heavy atom. The Balaban J connectivity index is 1.98. The zero-order valence-corrected chi connectivity index (χ0v) is 11.1. The van der Waals surface area contributed by atoms with Crippen molar-refractivity contribution in [3.63, 3.8) is 0 Å². The molecule has 0 fully saturated rings. The van der Waals surface area contributed by atoms with Crippen LogP contribution in [0.4, 0.5) is 4.39 Å². The first-order chi connectivity index (χ1) is 8.65. The van der Waals surface area contributed by atoms with Gasteiger partial charge in [0.25, 0.3) is 0 Å². The number of benzene rings is 2. The molecule has 0 saturated heterocycles. The lowest BCUT2D eigenvalue weighted by Crippen LogP contribution is -2.00. The standard InChI is InChI=1S/C14H12ClFOS/c15-11-4-2-6-13(8-11)18-9-14(17)10-3-1-5-12(16)7-10/h1-8,14,17H,9H2. The predicted molar refractivity (Wildman–Crippen MR) is 73.5 cm³/mol. The van der Waals surface area contributed by atoms with Crippen molar-refractivity contribution in [1.82, 2.24) is 0 Å². The highest BCUT2D eigenvalue weighted by Gasteiger charge is 2.09. The molecule has 1 N–H and O–H groups in total. The molecule has 2 rings (SSSR count). The van der Waals surface area contributed by atoms with Gasteiger partial charge in [0.1, 0.15) is 5.82 Å². The predicted octanol–water partition coefficient (Wildman–Crippen LogP) is 4.30. The van der Waals surface area contributed by atoms with E-state index in [9.17, 15) is 9.50 Å². The van der Waals surface area contributed by atoms with Gasteiger partial charge >= 0.3 is 0 Å². The van der Waals surface area contributed by atoms with Crippen LogP contribution < -0.4 is 0 Å². The molecule has 0 spiro atoms. The molecule has 2 aromatic rings. The smallest absolute Gasteiger partial charge is 0.123 e. The number of hydrogen-bond acceptors (Lipinski definition) is 2. The molecule has 0 aromatic heterocycles. The maximum absolute atomic E-state index is 13.0. The van der Waals surface area contributed by atoms with Crippen molar-refractivity contribution in [2.45, 2.75) is 11.0 Å². The molecule has 4 heteroatoms. The Labute approximate surface area is 115 Å². The second-order valence-corrected chi connectivity index (χ2v) is 5.37. The highest BCUT2D eigenvalue weighted by molar-refractivity contribution is 7.99. The molecular formula is C14H12ClFOS. The van der Waals surface area contributed by atoms with Crippen LogP contribution in [0.15, 0.2) is 53.4 Å². The first-order valence-corrected chi connectivity index (χ1v) is 6.83. The summed E-state index contributed by atoms with van der Waals surface area (Å²) in [6.45, 7) is 0. The van der Waals surface area contributed by atoms with E-state index >= 15 is 0 Å². The van der Waals surface area contributed by atoms with Gasteiger partial charge in [-0.3, -0.25) is 0 Å². The fourth-order valence-electron chi connectivity index (χ4n) is 1.54. The van der Waals surface area contributed by atoms with E-state index in [4.69, 9.17) is 11.6 Å². The molecule has 1 nitrogen and oxygen atoms in total. The number of aliphatic hydroxyl groups is 1. The summed E-state index contributed by atoms with van der Waals surface area (Å²) in [5, 5.41) is 10.6. The fraction of sp³-hybridized carbons (Fsp3) is 0.143. The third kappa shape index (κ3) is 3.73. The highest BCUT2D eigenvalue weighted by Crippen LogP contribution is 2.26. The largest absolute Gasteiger partial charge is 0.388 e. The second-order valence-electron chi connectivity index (χ2n) is 3.84. The van der Waals surface area contributed by atoms with Crippen LogP contribution in [0.2, 0.25) is 5.02 Å². The van der Waals surface area contributed by atoms with Gasteiger partial charge in [-0.05, 0) is 35.9 Å². The minimum Gasteiger partial charge on any atom is -0.388 e. The Morgan fingerprint density at radius 3 is 2.67 bits per heavy atom. The molecule has 0 radical (unpaired) electrons. The van der Waals surface area contributed by atoms with Gasteiger partial charge in [-0.25, -0.2) is 4.39 Å². The lowest BCUT2D eigenvalue weighted by atomic mass is 10.1. The maximum Gasteiger partial charge on any atom is 0.123 e. The SMILES string of the molecule is OC(CSc1cccc(Cl)c1)c1cccc(F)c1. The molecule has 18 heavy (non-hydrogen) atoms. The van der Waals surface area contributed by atoms with Crippen LogP contribution in [0.25, 0.3) is 0 Å². The van der Waals surface area contributed by atoms with Crippen LogP contribution in [0.3, 0.4) is 0 Å². The van der Waals surface area contributed by atoms with E-state index in [1.165, 1.54) is 23.9 Å². The Bertz CT molecular complexity index is 533. The van der Waals surface area contributed by atoms with E-state index < -0.39 is 6.10 Å². The van der Waals surface area contributed by atoms with Crippen LogP contribution in [0.1, 0.15) is 11.7 Å². The van der Waals surface area contributed by atoms with Gasteiger partial charge in [-0.2, -0.15) is 0 Å². The van der Waals surface area contributed by atoms with Crippen LogP contribution in [-0.2, 0) is 0 Å². The molecule has 1 unspecified atom stereocenters. The van der Waals surface area contributed by atoms with E-state index in [2.05, 4.69) is 0 Å². The molecule has 0 aliphatic heterocycles. The number of aliphatic hydroxyl groups excluding tert-OH is 1. The first-order valence-electron chi connectivity index (χ1n) is 5.47. The number of hydrogen-bond donors (Lipinski definition) is 1. The van der Waals surface area contributed by atoms with Gasteiger partial charge in [0, 0.05) is 15.7 Å². The summed E-state index contributed by atoms with van der Waals surface area (Å²) >= 11 is 7.36. The van der Waals surface area contributed by atoms with E-state index in [0.717, 1.165) is 4.90 Å². The summed E-state index contributed by atoms with van der Waals surface area (Å²) in [4.78, 5) is 0.984. The average Bonchev–Trinajstić information content (AvgIpc) is 2.36.